The highest BCUT2D eigenvalue weighted by atomic mass is 79.9. The number of aryl methyl sites for hydroxylation is 1. The first-order chi connectivity index (χ1) is 14.8. The van der Waals surface area contributed by atoms with Crippen LogP contribution in [0.25, 0.3) is 17.2 Å². The number of ether oxygens (including phenoxy) is 1. The smallest absolute Gasteiger partial charge is 0.341 e. The lowest BCUT2D eigenvalue weighted by molar-refractivity contribution is -0.384. The summed E-state index contributed by atoms with van der Waals surface area (Å²) >= 11 is 4.67. The quantitative estimate of drug-likeness (QED) is 0.198. The van der Waals surface area contributed by atoms with Gasteiger partial charge in [-0.15, -0.1) is 11.3 Å². The third kappa shape index (κ3) is 5.25. The second-order valence-corrected chi connectivity index (χ2v) is 8.55. The second kappa shape index (κ2) is 9.67. The number of nitro groups is 1. The molecule has 7 nitrogen and oxygen atoms in total. The van der Waals surface area contributed by atoms with Gasteiger partial charge in [-0.05, 0) is 36.3 Å². The van der Waals surface area contributed by atoms with Crippen molar-refractivity contribution in [3.8, 4) is 11.1 Å². The van der Waals surface area contributed by atoms with Crippen molar-refractivity contribution >= 4 is 55.9 Å². The van der Waals surface area contributed by atoms with Gasteiger partial charge in [0.25, 0.3) is 5.69 Å². The third-order valence-electron chi connectivity index (χ3n) is 4.35. The number of rotatable bonds is 6. The van der Waals surface area contributed by atoms with Gasteiger partial charge in [-0.1, -0.05) is 40.2 Å². The summed E-state index contributed by atoms with van der Waals surface area (Å²) in [5.74, 6) is -1.03. The predicted octanol–water partition coefficient (Wildman–Crippen LogP) is 5.83. The van der Waals surface area contributed by atoms with E-state index in [1.807, 2.05) is 31.2 Å². The zero-order valence-electron chi connectivity index (χ0n) is 16.5. The number of esters is 1. The van der Waals surface area contributed by atoms with Gasteiger partial charge in [-0.2, -0.15) is 0 Å². The van der Waals surface area contributed by atoms with Gasteiger partial charge in [0.1, 0.15) is 10.6 Å². The number of hydrogen-bond acceptors (Lipinski definition) is 6. The van der Waals surface area contributed by atoms with E-state index in [4.69, 9.17) is 4.74 Å². The van der Waals surface area contributed by atoms with Gasteiger partial charge in [-0.25, -0.2) is 4.79 Å². The van der Waals surface area contributed by atoms with Gasteiger partial charge in [-0.3, -0.25) is 14.9 Å². The summed E-state index contributed by atoms with van der Waals surface area (Å²) in [5.41, 5.74) is 2.25. The highest BCUT2D eigenvalue weighted by Crippen LogP contribution is 2.40. The number of halogens is 1. The molecule has 1 N–H and O–H groups in total. The van der Waals surface area contributed by atoms with E-state index in [0.29, 0.717) is 16.1 Å². The predicted molar refractivity (Wildman–Crippen MR) is 124 cm³/mol. The SMILES string of the molecule is COC(=O)c1c(NC(=O)/C=C/c2cccc([N+](=O)[O-])c2)sc(C)c1-c1ccc(Br)cc1. The van der Waals surface area contributed by atoms with Gasteiger partial charge in [0.2, 0.25) is 5.91 Å². The number of hydrogen-bond donors (Lipinski definition) is 1. The summed E-state index contributed by atoms with van der Waals surface area (Å²) in [6.45, 7) is 1.86. The molecule has 9 heteroatoms. The van der Waals surface area contributed by atoms with Gasteiger partial charge in [0.15, 0.2) is 0 Å². The molecule has 1 amide bonds. The molecule has 0 spiro atoms. The lowest BCUT2D eigenvalue weighted by Gasteiger charge is -2.07. The highest BCUT2D eigenvalue weighted by Gasteiger charge is 2.24. The minimum Gasteiger partial charge on any atom is -0.465 e. The average Bonchev–Trinajstić information content (AvgIpc) is 3.08. The molecule has 31 heavy (non-hydrogen) atoms. The van der Waals surface area contributed by atoms with Gasteiger partial charge < -0.3 is 10.1 Å². The monoisotopic (exact) mass is 500 g/mol. The Labute approximate surface area is 190 Å². The van der Waals surface area contributed by atoms with Crippen LogP contribution in [-0.4, -0.2) is 23.9 Å². The number of nitro benzene ring substituents is 1. The third-order valence-corrected chi connectivity index (χ3v) is 5.90. The van der Waals surface area contributed by atoms with Crippen molar-refractivity contribution in [3.05, 3.63) is 85.2 Å². The molecule has 0 aliphatic carbocycles. The molecule has 0 radical (unpaired) electrons. The first kappa shape index (κ1) is 22.4. The summed E-state index contributed by atoms with van der Waals surface area (Å²) in [6.07, 6.45) is 2.73. The van der Waals surface area contributed by atoms with Crippen molar-refractivity contribution in [2.24, 2.45) is 0 Å². The molecule has 158 valence electrons. The number of nitrogens with one attached hydrogen (secondary N) is 1. The molecule has 0 aliphatic rings. The molecule has 2 aromatic carbocycles. The number of thiophene rings is 1. The largest absolute Gasteiger partial charge is 0.465 e. The van der Waals surface area contributed by atoms with E-state index in [1.165, 1.54) is 48.8 Å². The maximum absolute atomic E-state index is 12.5. The van der Waals surface area contributed by atoms with Crippen molar-refractivity contribution in [2.75, 3.05) is 12.4 Å². The van der Waals surface area contributed by atoms with Crippen molar-refractivity contribution in [2.45, 2.75) is 6.92 Å². The van der Waals surface area contributed by atoms with Crippen molar-refractivity contribution < 1.29 is 19.2 Å². The van der Waals surface area contributed by atoms with E-state index in [0.717, 1.165) is 14.9 Å². The zero-order chi connectivity index (χ0) is 22.5. The molecule has 0 bridgehead atoms. The Hall–Kier alpha value is -3.30. The van der Waals surface area contributed by atoms with Crippen LogP contribution >= 0.6 is 27.3 Å². The molecule has 1 heterocycles. The Morgan fingerprint density at radius 3 is 2.55 bits per heavy atom. The number of amides is 1. The standard InChI is InChI=1S/C22H17BrN2O5S/c1-13-19(15-7-9-16(23)10-8-15)20(22(27)30-2)21(31-13)24-18(26)11-6-14-4-3-5-17(12-14)25(28)29/h3-12H,1-2H3,(H,24,26)/b11-6+. The lowest BCUT2D eigenvalue weighted by atomic mass is 10.0. The fraction of sp³-hybridized carbons (Fsp3) is 0.0909. The number of anilines is 1. The average molecular weight is 501 g/mol. The highest BCUT2D eigenvalue weighted by molar-refractivity contribution is 9.10. The fourth-order valence-electron chi connectivity index (χ4n) is 2.96. The zero-order valence-corrected chi connectivity index (χ0v) is 19.0. The van der Waals surface area contributed by atoms with E-state index < -0.39 is 16.8 Å². The molecule has 0 aliphatic heterocycles. The Bertz CT molecular complexity index is 1190. The van der Waals surface area contributed by atoms with Crippen molar-refractivity contribution in [1.29, 1.82) is 0 Å². The molecular formula is C22H17BrN2O5S. The van der Waals surface area contributed by atoms with E-state index in [2.05, 4.69) is 21.2 Å². The number of carbonyl (C=O) groups excluding carboxylic acids is 2. The molecule has 3 aromatic rings. The van der Waals surface area contributed by atoms with E-state index in [-0.39, 0.29) is 11.3 Å². The van der Waals surface area contributed by atoms with E-state index in [1.54, 1.807) is 6.07 Å². The minimum absolute atomic E-state index is 0.0662. The van der Waals surface area contributed by atoms with Crippen LogP contribution in [0.4, 0.5) is 10.7 Å². The molecule has 0 saturated carbocycles. The summed E-state index contributed by atoms with van der Waals surface area (Å²) in [6, 6.07) is 13.4. The van der Waals surface area contributed by atoms with Gasteiger partial charge >= 0.3 is 5.97 Å². The van der Waals surface area contributed by atoms with Crippen LogP contribution in [-0.2, 0) is 9.53 Å². The normalized spacial score (nSPS) is 10.8. The number of nitrogens with zero attached hydrogens (tertiary/aromatic N) is 1. The summed E-state index contributed by atoms with van der Waals surface area (Å²) in [4.78, 5) is 36.2. The van der Waals surface area contributed by atoms with Crippen LogP contribution in [0.3, 0.4) is 0 Å². The summed E-state index contributed by atoms with van der Waals surface area (Å²) in [5, 5.41) is 14.0. The minimum atomic E-state index is -0.555. The molecule has 0 fully saturated rings. The van der Waals surface area contributed by atoms with Crippen LogP contribution in [0, 0.1) is 17.0 Å². The first-order valence-corrected chi connectivity index (χ1v) is 10.6. The number of non-ortho nitro benzene ring substituents is 1. The Morgan fingerprint density at radius 2 is 1.90 bits per heavy atom. The fourth-order valence-corrected chi connectivity index (χ4v) is 4.29. The van der Waals surface area contributed by atoms with E-state index >= 15 is 0 Å². The van der Waals surface area contributed by atoms with Crippen LogP contribution in [0.1, 0.15) is 20.8 Å². The number of carbonyl (C=O) groups is 2. The topological polar surface area (TPSA) is 98.5 Å². The number of methoxy groups -OCH3 is 1. The Balaban J connectivity index is 1.90. The Kier molecular flexibility index (Phi) is 6.98. The van der Waals surface area contributed by atoms with Crippen molar-refractivity contribution in [3.63, 3.8) is 0 Å². The van der Waals surface area contributed by atoms with Crippen LogP contribution in [0.2, 0.25) is 0 Å². The molecule has 1 aromatic heterocycles. The van der Waals surface area contributed by atoms with Crippen molar-refractivity contribution in [1.82, 2.24) is 0 Å². The molecular weight excluding hydrogens is 484 g/mol. The van der Waals surface area contributed by atoms with E-state index in [9.17, 15) is 19.7 Å². The maximum atomic E-state index is 12.5. The molecule has 0 atom stereocenters. The van der Waals surface area contributed by atoms with Crippen LogP contribution < -0.4 is 5.32 Å². The summed E-state index contributed by atoms with van der Waals surface area (Å²) in [7, 11) is 1.29. The second-order valence-electron chi connectivity index (χ2n) is 6.41. The first-order valence-electron chi connectivity index (χ1n) is 9.01. The van der Waals surface area contributed by atoms with Gasteiger partial charge in [0, 0.05) is 33.1 Å². The maximum Gasteiger partial charge on any atom is 0.341 e. The van der Waals surface area contributed by atoms with Crippen LogP contribution in [0.15, 0.2) is 59.1 Å². The molecule has 3 rings (SSSR count). The Morgan fingerprint density at radius 1 is 1.19 bits per heavy atom. The number of benzene rings is 2. The molecule has 0 saturated heterocycles. The van der Waals surface area contributed by atoms with Gasteiger partial charge in [0.05, 0.1) is 12.0 Å². The lowest BCUT2D eigenvalue weighted by Crippen LogP contribution is -2.11. The van der Waals surface area contributed by atoms with Crippen LogP contribution in [0.5, 0.6) is 0 Å². The molecule has 0 unspecified atom stereocenters. The summed E-state index contributed by atoms with van der Waals surface area (Å²) < 4.78 is 5.85.